The number of carbonyl (C=O) groups is 1. The Hall–Kier alpha value is -2.13. The number of aliphatic hydroxyl groups is 1. The van der Waals surface area contributed by atoms with E-state index in [1.165, 1.54) is 0 Å². The van der Waals surface area contributed by atoms with Gasteiger partial charge in [0.2, 0.25) is 0 Å². The number of hydrogen-bond acceptors (Lipinski definition) is 3. The molecule has 3 nitrogen and oxygen atoms in total. The number of rotatable bonds is 2. The molecule has 1 heterocycles. The quantitative estimate of drug-likeness (QED) is 0.864. The van der Waals surface area contributed by atoms with Crippen LogP contribution in [0.15, 0.2) is 48.5 Å². The first-order chi connectivity index (χ1) is 10.4. The van der Waals surface area contributed by atoms with Gasteiger partial charge in [0.25, 0.3) is 0 Å². The molecule has 1 aliphatic rings. The fourth-order valence-electron chi connectivity index (χ4n) is 3.00. The topological polar surface area (TPSA) is 46.5 Å². The van der Waals surface area contributed by atoms with Gasteiger partial charge in [0.05, 0.1) is 5.92 Å². The molecule has 1 saturated heterocycles. The van der Waals surface area contributed by atoms with Crippen LogP contribution in [0.3, 0.4) is 0 Å². The third kappa shape index (κ3) is 2.22. The minimum absolute atomic E-state index is 0.367. The molecular weight excluding hydrogens is 276 g/mol. The van der Waals surface area contributed by atoms with Crippen molar-refractivity contribution in [3.63, 3.8) is 0 Å². The Labute approximate surface area is 130 Å². The summed E-state index contributed by atoms with van der Waals surface area (Å²) in [5.41, 5.74) is 2.41. The number of hydrogen-bond donors (Lipinski definition) is 1. The highest BCUT2D eigenvalue weighted by molar-refractivity contribution is 5.77. The first-order valence-electron chi connectivity index (χ1n) is 7.49. The second-order valence-corrected chi connectivity index (χ2v) is 6.14. The first kappa shape index (κ1) is 14.8. The maximum absolute atomic E-state index is 12.1. The largest absolute Gasteiger partial charge is 0.454 e. The van der Waals surface area contributed by atoms with Gasteiger partial charge < -0.3 is 9.84 Å². The van der Waals surface area contributed by atoms with Gasteiger partial charge in [-0.1, -0.05) is 59.7 Å². The highest BCUT2D eigenvalue weighted by atomic mass is 16.6. The molecule has 3 atom stereocenters. The summed E-state index contributed by atoms with van der Waals surface area (Å²) < 4.78 is 5.51. The lowest BCUT2D eigenvalue weighted by Crippen LogP contribution is -2.35. The smallest absolute Gasteiger partial charge is 0.312 e. The predicted octanol–water partition coefficient (Wildman–Crippen LogP) is 3.43. The Morgan fingerprint density at radius 2 is 1.45 bits per heavy atom. The maximum atomic E-state index is 12.1. The molecule has 1 N–H and O–H groups in total. The monoisotopic (exact) mass is 296 g/mol. The van der Waals surface area contributed by atoms with Crippen molar-refractivity contribution in [2.24, 2.45) is 5.92 Å². The van der Waals surface area contributed by atoms with Crippen LogP contribution in [0.2, 0.25) is 0 Å². The summed E-state index contributed by atoms with van der Waals surface area (Å²) in [7, 11) is 0. The van der Waals surface area contributed by atoms with Crippen molar-refractivity contribution in [3.05, 3.63) is 70.8 Å². The molecule has 0 bridgehead atoms. The third-order valence-corrected chi connectivity index (χ3v) is 4.54. The van der Waals surface area contributed by atoms with E-state index in [-0.39, 0.29) is 5.97 Å². The van der Waals surface area contributed by atoms with Crippen LogP contribution in [0.5, 0.6) is 0 Å². The fourth-order valence-corrected chi connectivity index (χ4v) is 3.00. The summed E-state index contributed by atoms with van der Waals surface area (Å²) in [5.74, 6) is -0.977. The summed E-state index contributed by atoms with van der Waals surface area (Å²) in [4.78, 5) is 12.1. The van der Waals surface area contributed by atoms with Crippen LogP contribution >= 0.6 is 0 Å². The van der Waals surface area contributed by atoms with Crippen molar-refractivity contribution in [3.8, 4) is 0 Å². The van der Waals surface area contributed by atoms with E-state index >= 15 is 0 Å². The number of aryl methyl sites for hydroxylation is 2. The van der Waals surface area contributed by atoms with E-state index in [9.17, 15) is 9.90 Å². The van der Waals surface area contributed by atoms with E-state index < -0.39 is 17.6 Å². The van der Waals surface area contributed by atoms with Crippen molar-refractivity contribution in [1.82, 2.24) is 0 Å². The zero-order valence-corrected chi connectivity index (χ0v) is 13.0. The predicted molar refractivity (Wildman–Crippen MR) is 84.3 cm³/mol. The summed E-state index contributed by atoms with van der Waals surface area (Å²) in [6.07, 6.45) is -0.682. The van der Waals surface area contributed by atoms with Crippen LogP contribution in [0, 0.1) is 19.8 Å². The Balaban J connectivity index is 2.09. The zero-order chi connectivity index (χ0) is 15.9. The molecule has 22 heavy (non-hydrogen) atoms. The minimum atomic E-state index is -1.35. The van der Waals surface area contributed by atoms with E-state index in [4.69, 9.17) is 4.74 Å². The summed E-state index contributed by atoms with van der Waals surface area (Å²) in [5, 5.41) is 11.3. The maximum Gasteiger partial charge on any atom is 0.312 e. The van der Waals surface area contributed by atoms with Crippen molar-refractivity contribution in [1.29, 1.82) is 0 Å². The van der Waals surface area contributed by atoms with Gasteiger partial charge in [-0.15, -0.1) is 0 Å². The molecular formula is C19H20O3. The number of carbonyl (C=O) groups excluding carboxylic acids is 1. The zero-order valence-electron chi connectivity index (χ0n) is 13.0. The average molecular weight is 296 g/mol. The van der Waals surface area contributed by atoms with E-state index in [0.29, 0.717) is 5.56 Å². The van der Waals surface area contributed by atoms with Crippen LogP contribution in [0.4, 0.5) is 0 Å². The molecule has 0 aliphatic carbocycles. The Kier molecular flexibility index (Phi) is 3.53. The highest BCUT2D eigenvalue weighted by Crippen LogP contribution is 2.49. The molecule has 114 valence electrons. The average Bonchev–Trinajstić information content (AvgIpc) is 2.74. The van der Waals surface area contributed by atoms with Crippen molar-refractivity contribution >= 4 is 5.97 Å². The first-order valence-corrected chi connectivity index (χ1v) is 7.49. The molecule has 0 spiro atoms. The van der Waals surface area contributed by atoms with Crippen LogP contribution in [-0.4, -0.2) is 11.1 Å². The van der Waals surface area contributed by atoms with E-state index in [0.717, 1.165) is 16.7 Å². The number of benzene rings is 2. The molecule has 1 aliphatic heterocycles. The second-order valence-electron chi connectivity index (χ2n) is 6.14. The normalized spacial score (nSPS) is 27.7. The summed E-state index contributed by atoms with van der Waals surface area (Å²) >= 11 is 0. The van der Waals surface area contributed by atoms with Crippen molar-refractivity contribution < 1.29 is 14.6 Å². The van der Waals surface area contributed by atoms with Gasteiger partial charge in [0.1, 0.15) is 5.60 Å². The summed E-state index contributed by atoms with van der Waals surface area (Å²) in [6.45, 7) is 5.71. The van der Waals surface area contributed by atoms with Gasteiger partial charge in [0, 0.05) is 0 Å². The minimum Gasteiger partial charge on any atom is -0.454 e. The molecule has 0 amide bonds. The van der Waals surface area contributed by atoms with E-state index in [2.05, 4.69) is 0 Å². The molecule has 2 aromatic rings. The molecule has 3 rings (SSSR count). The van der Waals surface area contributed by atoms with Gasteiger partial charge >= 0.3 is 5.97 Å². The number of esters is 1. The van der Waals surface area contributed by atoms with Crippen LogP contribution < -0.4 is 0 Å². The fraction of sp³-hybridized carbons (Fsp3) is 0.316. The van der Waals surface area contributed by atoms with Crippen LogP contribution in [-0.2, 0) is 15.1 Å². The number of cyclic esters (lactones) is 1. The molecule has 1 fully saturated rings. The van der Waals surface area contributed by atoms with Gasteiger partial charge in [-0.25, -0.2) is 0 Å². The van der Waals surface area contributed by atoms with Crippen LogP contribution in [0.1, 0.15) is 35.3 Å². The van der Waals surface area contributed by atoms with Gasteiger partial charge in [-0.2, -0.15) is 0 Å². The van der Waals surface area contributed by atoms with Crippen molar-refractivity contribution in [2.45, 2.75) is 32.5 Å². The van der Waals surface area contributed by atoms with Crippen molar-refractivity contribution in [2.75, 3.05) is 0 Å². The van der Waals surface area contributed by atoms with E-state index in [1.54, 1.807) is 6.92 Å². The highest BCUT2D eigenvalue weighted by Gasteiger charge is 2.55. The SMILES string of the molecule is Cc1ccc([C@H]2OC(=O)[C@@H](C)[C@]2(O)c2ccc(C)cc2)cc1. The van der Waals surface area contributed by atoms with E-state index in [1.807, 2.05) is 62.4 Å². The standard InChI is InChI=1S/C19H20O3/c1-12-4-8-15(9-5-12)17-19(21,14(3)18(20)22-17)16-10-6-13(2)7-11-16/h4-11,14,17,21H,1-3H3/t14-,17-,19+/m1/s1. The van der Waals surface area contributed by atoms with Crippen LogP contribution in [0.25, 0.3) is 0 Å². The van der Waals surface area contributed by atoms with Gasteiger partial charge in [0.15, 0.2) is 6.10 Å². The molecule has 0 aromatic heterocycles. The third-order valence-electron chi connectivity index (χ3n) is 4.54. The Morgan fingerprint density at radius 1 is 0.955 bits per heavy atom. The second kappa shape index (κ2) is 5.25. The molecule has 3 heteroatoms. The molecule has 2 aromatic carbocycles. The lowest BCUT2D eigenvalue weighted by Gasteiger charge is -2.31. The molecule has 0 saturated carbocycles. The van der Waals surface area contributed by atoms with Gasteiger partial charge in [-0.3, -0.25) is 4.79 Å². The molecule has 0 unspecified atom stereocenters. The van der Waals surface area contributed by atoms with Gasteiger partial charge in [-0.05, 0) is 31.9 Å². The summed E-state index contributed by atoms with van der Waals surface area (Å²) in [6, 6.07) is 15.4. The molecule has 0 radical (unpaired) electrons. The number of ether oxygens (including phenoxy) is 1. The lowest BCUT2D eigenvalue weighted by atomic mass is 9.77. The Bertz CT molecular complexity index is 688. The Morgan fingerprint density at radius 3 is 2.00 bits per heavy atom. The lowest BCUT2D eigenvalue weighted by molar-refractivity contribution is -0.144.